The first-order valence-electron chi connectivity index (χ1n) is 10.2. The second kappa shape index (κ2) is 7.80. The smallest absolute Gasteiger partial charge is 0.274 e. The SMILES string of the molecule is O=C1[C@@H]2C=C[C@H](n3[nH]c(=O)n(Cc4ccccc4)c3=O)C[C@H]2C(=O)N1c1ccc(Cl)cc1. The lowest BCUT2D eigenvalue weighted by atomic mass is 9.84. The number of nitrogens with one attached hydrogen (secondary N) is 1. The number of anilines is 1. The van der Waals surface area contributed by atoms with Crippen LogP contribution in [0.3, 0.4) is 0 Å². The van der Waals surface area contributed by atoms with E-state index in [9.17, 15) is 19.2 Å². The van der Waals surface area contributed by atoms with Crippen LogP contribution >= 0.6 is 11.6 Å². The van der Waals surface area contributed by atoms with E-state index in [1.807, 2.05) is 30.3 Å². The Labute approximate surface area is 187 Å². The number of halogens is 1. The molecule has 1 fully saturated rings. The van der Waals surface area contributed by atoms with Gasteiger partial charge in [-0.1, -0.05) is 54.1 Å². The highest BCUT2D eigenvalue weighted by Gasteiger charge is 2.49. The van der Waals surface area contributed by atoms with Crippen LogP contribution in [0.4, 0.5) is 5.69 Å². The van der Waals surface area contributed by atoms with Crippen molar-refractivity contribution in [3.8, 4) is 0 Å². The molecule has 32 heavy (non-hydrogen) atoms. The molecule has 1 aliphatic heterocycles. The number of aromatic amines is 1. The first-order valence-corrected chi connectivity index (χ1v) is 10.6. The van der Waals surface area contributed by atoms with Crippen LogP contribution in [0.25, 0.3) is 0 Å². The third-order valence-corrected chi connectivity index (χ3v) is 6.26. The van der Waals surface area contributed by atoms with Gasteiger partial charge in [0.25, 0.3) is 0 Å². The van der Waals surface area contributed by atoms with Gasteiger partial charge in [0.2, 0.25) is 11.8 Å². The Kier molecular flexibility index (Phi) is 4.94. The molecule has 1 aliphatic carbocycles. The van der Waals surface area contributed by atoms with Crippen molar-refractivity contribution in [3.05, 3.63) is 98.3 Å². The van der Waals surface area contributed by atoms with Gasteiger partial charge in [-0.15, -0.1) is 0 Å². The summed E-state index contributed by atoms with van der Waals surface area (Å²) in [5, 5.41) is 3.10. The first kappa shape index (κ1) is 20.3. The van der Waals surface area contributed by atoms with Crippen LogP contribution < -0.4 is 16.3 Å². The average Bonchev–Trinajstić information content (AvgIpc) is 3.22. The highest BCUT2D eigenvalue weighted by atomic mass is 35.5. The van der Waals surface area contributed by atoms with Gasteiger partial charge in [-0.2, -0.15) is 0 Å². The zero-order valence-corrected chi connectivity index (χ0v) is 17.6. The van der Waals surface area contributed by atoms with Crippen LogP contribution in [0.1, 0.15) is 18.0 Å². The number of imide groups is 1. The van der Waals surface area contributed by atoms with Gasteiger partial charge in [-0.25, -0.2) is 28.8 Å². The van der Waals surface area contributed by atoms with Crippen molar-refractivity contribution in [3.63, 3.8) is 0 Å². The van der Waals surface area contributed by atoms with E-state index in [0.717, 1.165) is 10.1 Å². The van der Waals surface area contributed by atoms with E-state index in [0.29, 0.717) is 10.7 Å². The number of H-pyrrole nitrogens is 1. The number of hydrogen-bond donors (Lipinski definition) is 1. The van der Waals surface area contributed by atoms with Gasteiger partial charge in [-0.3, -0.25) is 9.59 Å². The molecule has 162 valence electrons. The van der Waals surface area contributed by atoms with E-state index >= 15 is 0 Å². The highest BCUT2D eigenvalue weighted by molar-refractivity contribution is 6.30. The summed E-state index contributed by atoms with van der Waals surface area (Å²) in [5.74, 6) is -1.83. The molecule has 3 atom stereocenters. The third kappa shape index (κ3) is 3.33. The predicted molar refractivity (Wildman–Crippen MR) is 119 cm³/mol. The summed E-state index contributed by atoms with van der Waals surface area (Å²) < 4.78 is 2.36. The van der Waals surface area contributed by atoms with Gasteiger partial charge in [0, 0.05) is 5.02 Å². The molecule has 2 aliphatic rings. The van der Waals surface area contributed by atoms with Crippen LogP contribution in [0.5, 0.6) is 0 Å². The normalized spacial score (nSPS) is 22.4. The Bertz CT molecular complexity index is 1340. The minimum atomic E-state index is -0.610. The zero-order valence-electron chi connectivity index (χ0n) is 16.8. The Morgan fingerprint density at radius 2 is 1.62 bits per heavy atom. The van der Waals surface area contributed by atoms with E-state index < -0.39 is 29.3 Å². The lowest BCUT2D eigenvalue weighted by Gasteiger charge is -2.23. The topological polar surface area (TPSA) is 97.2 Å². The zero-order chi connectivity index (χ0) is 22.4. The number of amides is 2. The van der Waals surface area contributed by atoms with Crippen molar-refractivity contribution in [2.45, 2.75) is 19.0 Å². The van der Waals surface area contributed by atoms with Crippen molar-refractivity contribution in [2.75, 3.05) is 4.90 Å². The summed E-state index contributed by atoms with van der Waals surface area (Å²) in [4.78, 5) is 52.5. The largest absolute Gasteiger partial charge is 0.347 e. The summed E-state index contributed by atoms with van der Waals surface area (Å²) >= 11 is 5.92. The molecule has 0 bridgehead atoms. The molecule has 8 nitrogen and oxygen atoms in total. The third-order valence-electron chi connectivity index (χ3n) is 6.01. The molecular formula is C23H19ClN4O4. The second-order valence-electron chi connectivity index (χ2n) is 7.95. The molecule has 3 aromatic rings. The molecule has 2 aromatic carbocycles. The van der Waals surface area contributed by atoms with Gasteiger partial charge in [0.1, 0.15) is 0 Å². The molecule has 0 radical (unpaired) electrons. The molecule has 1 N–H and O–H groups in total. The standard InChI is InChI=1S/C23H19ClN4O4/c24-15-6-8-16(9-7-15)27-20(29)18-11-10-17(12-19(18)21(27)30)28-23(32)26(22(31)25-28)13-14-4-2-1-3-5-14/h1-11,17-19H,12-13H2,(H,25,31)/t17-,18+,19+/m0/s1. The van der Waals surface area contributed by atoms with Gasteiger partial charge in [-0.05, 0) is 36.2 Å². The fourth-order valence-electron chi connectivity index (χ4n) is 4.39. The number of carbonyl (C=O) groups is 2. The fraction of sp³-hybridized carbons (Fsp3) is 0.217. The molecule has 1 aromatic heterocycles. The quantitative estimate of drug-likeness (QED) is 0.487. The van der Waals surface area contributed by atoms with E-state index in [1.165, 1.54) is 9.58 Å². The fourth-order valence-corrected chi connectivity index (χ4v) is 4.52. The maximum atomic E-state index is 13.1. The lowest BCUT2D eigenvalue weighted by molar-refractivity contribution is -0.122. The summed E-state index contributed by atoms with van der Waals surface area (Å²) in [6, 6.07) is 15.2. The average molecular weight is 451 g/mol. The summed E-state index contributed by atoms with van der Waals surface area (Å²) in [7, 11) is 0. The van der Waals surface area contributed by atoms with Crippen LogP contribution in [-0.4, -0.2) is 26.2 Å². The second-order valence-corrected chi connectivity index (χ2v) is 8.39. The number of fused-ring (bicyclic) bond motifs is 1. The Balaban J connectivity index is 1.42. The first-order chi connectivity index (χ1) is 15.4. The molecule has 0 spiro atoms. The molecule has 5 rings (SSSR count). The molecule has 2 heterocycles. The number of aromatic nitrogens is 3. The molecule has 2 amide bonds. The minimum Gasteiger partial charge on any atom is -0.274 e. The maximum absolute atomic E-state index is 13.1. The number of nitrogens with zero attached hydrogens (tertiary/aromatic N) is 3. The van der Waals surface area contributed by atoms with Crippen LogP contribution in [-0.2, 0) is 16.1 Å². The van der Waals surface area contributed by atoms with Gasteiger partial charge in [0.05, 0.1) is 30.1 Å². The van der Waals surface area contributed by atoms with Crippen LogP contribution in [0.2, 0.25) is 5.02 Å². The highest BCUT2D eigenvalue weighted by Crippen LogP contribution is 2.40. The molecule has 0 saturated carbocycles. The van der Waals surface area contributed by atoms with Gasteiger partial charge < -0.3 is 0 Å². The van der Waals surface area contributed by atoms with Crippen molar-refractivity contribution >= 4 is 29.1 Å². The Morgan fingerprint density at radius 1 is 0.906 bits per heavy atom. The summed E-state index contributed by atoms with van der Waals surface area (Å²) in [5.41, 5.74) is 0.278. The van der Waals surface area contributed by atoms with E-state index in [4.69, 9.17) is 11.6 Å². The number of rotatable bonds is 4. The Hall–Kier alpha value is -3.65. The minimum absolute atomic E-state index is 0.145. The number of benzene rings is 2. The van der Waals surface area contributed by atoms with Crippen molar-refractivity contribution in [1.82, 2.24) is 14.3 Å². The van der Waals surface area contributed by atoms with Crippen LogP contribution in [0, 0.1) is 11.8 Å². The Morgan fingerprint density at radius 3 is 2.34 bits per heavy atom. The van der Waals surface area contributed by atoms with E-state index in [1.54, 1.807) is 36.4 Å². The number of carbonyl (C=O) groups excluding carboxylic acids is 2. The van der Waals surface area contributed by atoms with Gasteiger partial charge in [0.15, 0.2) is 0 Å². The van der Waals surface area contributed by atoms with Crippen LogP contribution in [0.15, 0.2) is 76.3 Å². The van der Waals surface area contributed by atoms with Gasteiger partial charge >= 0.3 is 11.4 Å². The summed E-state index contributed by atoms with van der Waals surface area (Å²) in [6.45, 7) is 0.145. The molecule has 1 saturated heterocycles. The van der Waals surface area contributed by atoms with E-state index in [-0.39, 0.29) is 24.8 Å². The monoisotopic (exact) mass is 450 g/mol. The van der Waals surface area contributed by atoms with Crippen molar-refractivity contribution < 1.29 is 9.59 Å². The number of allylic oxidation sites excluding steroid dienone is 1. The maximum Gasteiger partial charge on any atom is 0.347 e. The molecule has 0 unspecified atom stereocenters. The predicted octanol–water partition coefficient (Wildman–Crippen LogP) is 2.35. The summed E-state index contributed by atoms with van der Waals surface area (Å²) in [6.07, 6.45) is 3.61. The van der Waals surface area contributed by atoms with Crippen molar-refractivity contribution in [2.24, 2.45) is 11.8 Å². The molecule has 9 heteroatoms. The van der Waals surface area contributed by atoms with E-state index in [2.05, 4.69) is 5.10 Å². The molecular weight excluding hydrogens is 432 g/mol. The van der Waals surface area contributed by atoms with Crippen molar-refractivity contribution in [1.29, 1.82) is 0 Å². The number of hydrogen-bond acceptors (Lipinski definition) is 4. The lowest BCUT2D eigenvalue weighted by Crippen LogP contribution is -2.33.